The van der Waals surface area contributed by atoms with Crippen LogP contribution in [0.3, 0.4) is 0 Å². The number of anilines is 2. The maximum Gasteiger partial charge on any atom is 0.224 e. The smallest absolute Gasteiger partial charge is 0.224 e. The van der Waals surface area contributed by atoms with E-state index in [-0.39, 0.29) is 17.7 Å². The zero-order valence-electron chi connectivity index (χ0n) is 18.6. The summed E-state index contributed by atoms with van der Waals surface area (Å²) in [5, 5.41) is 11.1. The fraction of sp³-hybridized carbons (Fsp3) is 0.542. The zero-order chi connectivity index (χ0) is 21.8. The van der Waals surface area contributed by atoms with Crippen LogP contribution in [0.25, 0.3) is 5.69 Å². The molecule has 31 heavy (non-hydrogen) atoms. The number of aryl methyl sites for hydroxylation is 1. The molecular weight excluding hydrogens is 390 g/mol. The second-order valence-electron chi connectivity index (χ2n) is 8.68. The van der Waals surface area contributed by atoms with Crippen LogP contribution in [0.15, 0.2) is 30.3 Å². The van der Waals surface area contributed by atoms with E-state index in [9.17, 15) is 9.59 Å². The lowest BCUT2D eigenvalue weighted by molar-refractivity contribution is -0.126. The number of aromatic nitrogens is 2. The van der Waals surface area contributed by atoms with E-state index in [2.05, 4.69) is 15.5 Å². The van der Waals surface area contributed by atoms with E-state index in [4.69, 9.17) is 5.10 Å². The van der Waals surface area contributed by atoms with Crippen LogP contribution >= 0.6 is 0 Å². The Kier molecular flexibility index (Phi) is 6.59. The molecule has 0 bridgehead atoms. The van der Waals surface area contributed by atoms with E-state index in [0.29, 0.717) is 12.5 Å². The van der Waals surface area contributed by atoms with Crippen molar-refractivity contribution in [2.75, 3.05) is 23.3 Å². The molecule has 1 aliphatic heterocycles. The summed E-state index contributed by atoms with van der Waals surface area (Å²) in [5.74, 6) is 1.14. The number of hydrogen-bond donors (Lipinski definition) is 2. The van der Waals surface area contributed by atoms with Crippen LogP contribution in [0.5, 0.6) is 0 Å². The van der Waals surface area contributed by atoms with E-state index in [1.807, 2.05) is 48.9 Å². The Hall–Kier alpha value is -2.83. The molecule has 1 saturated carbocycles. The summed E-state index contributed by atoms with van der Waals surface area (Å²) in [6.45, 7) is 5.29. The molecule has 2 N–H and O–H groups in total. The lowest BCUT2D eigenvalue weighted by Gasteiger charge is -2.34. The van der Waals surface area contributed by atoms with E-state index >= 15 is 0 Å². The first kappa shape index (κ1) is 21.4. The van der Waals surface area contributed by atoms with Crippen molar-refractivity contribution in [1.82, 2.24) is 15.1 Å². The van der Waals surface area contributed by atoms with Crippen LogP contribution in [0.2, 0.25) is 0 Å². The monoisotopic (exact) mass is 423 g/mol. The number of carbonyl (C=O) groups is 2. The Bertz CT molecular complexity index is 910. The van der Waals surface area contributed by atoms with Gasteiger partial charge in [0.15, 0.2) is 5.82 Å². The van der Waals surface area contributed by atoms with Gasteiger partial charge in [-0.05, 0) is 44.7 Å². The van der Waals surface area contributed by atoms with E-state index < -0.39 is 0 Å². The molecule has 0 radical (unpaired) electrons. The van der Waals surface area contributed by atoms with Gasteiger partial charge in [0.2, 0.25) is 11.8 Å². The lowest BCUT2D eigenvalue weighted by atomic mass is 9.95. The first-order chi connectivity index (χ1) is 15.1. The van der Waals surface area contributed by atoms with Crippen LogP contribution in [0, 0.1) is 12.8 Å². The highest BCUT2D eigenvalue weighted by atomic mass is 16.2. The second-order valence-corrected chi connectivity index (χ2v) is 8.68. The topological polar surface area (TPSA) is 79.3 Å². The minimum atomic E-state index is -0.0252. The Morgan fingerprint density at radius 2 is 1.74 bits per heavy atom. The molecule has 2 aliphatic rings. The van der Waals surface area contributed by atoms with Gasteiger partial charge in [0, 0.05) is 31.5 Å². The highest BCUT2D eigenvalue weighted by molar-refractivity contribution is 5.94. The second kappa shape index (κ2) is 9.54. The summed E-state index contributed by atoms with van der Waals surface area (Å²) >= 11 is 0. The number of nitrogens with zero attached hydrogens (tertiary/aromatic N) is 3. The lowest BCUT2D eigenvalue weighted by Crippen LogP contribution is -2.43. The molecule has 166 valence electrons. The van der Waals surface area contributed by atoms with Gasteiger partial charge in [-0.1, -0.05) is 38.0 Å². The normalized spacial score (nSPS) is 17.7. The van der Waals surface area contributed by atoms with E-state index in [1.165, 1.54) is 12.8 Å². The highest BCUT2D eigenvalue weighted by Crippen LogP contribution is 2.35. The molecule has 2 amide bonds. The van der Waals surface area contributed by atoms with E-state index in [1.54, 1.807) is 0 Å². The standard InChI is InChI=1S/C24H33N5O2/c1-3-21(30)26-22-17(2)27-29(20-11-5-4-6-12-20)24(22)28-15-13-18(14-16-28)23(31)25-19-9-7-8-10-19/h4-6,11-12,18-19H,3,7-10,13-16H2,1-2H3,(H,25,31)(H,26,30). The maximum absolute atomic E-state index is 12.7. The molecule has 1 saturated heterocycles. The Balaban J connectivity index is 1.54. The number of benzene rings is 1. The summed E-state index contributed by atoms with van der Waals surface area (Å²) in [5.41, 5.74) is 2.52. The number of nitrogens with one attached hydrogen (secondary N) is 2. The first-order valence-electron chi connectivity index (χ1n) is 11.6. The Morgan fingerprint density at radius 3 is 2.39 bits per heavy atom. The summed E-state index contributed by atoms with van der Waals surface area (Å²) in [6, 6.07) is 10.4. The van der Waals surface area contributed by atoms with Crippen molar-refractivity contribution in [3.63, 3.8) is 0 Å². The molecule has 0 unspecified atom stereocenters. The van der Waals surface area contributed by atoms with Gasteiger partial charge in [-0.25, -0.2) is 4.68 Å². The maximum atomic E-state index is 12.7. The van der Waals surface area contributed by atoms with Gasteiger partial charge in [-0.2, -0.15) is 5.10 Å². The molecule has 7 nitrogen and oxygen atoms in total. The average Bonchev–Trinajstić information content (AvgIpc) is 3.42. The van der Waals surface area contributed by atoms with Crippen LogP contribution < -0.4 is 15.5 Å². The van der Waals surface area contributed by atoms with Gasteiger partial charge in [-0.3, -0.25) is 9.59 Å². The summed E-state index contributed by atoms with van der Waals surface area (Å²) in [6.07, 6.45) is 6.69. The molecular formula is C24H33N5O2. The van der Waals surface area contributed by atoms with E-state index in [0.717, 1.165) is 61.7 Å². The number of amides is 2. The zero-order valence-corrected chi connectivity index (χ0v) is 18.6. The van der Waals surface area contributed by atoms with Crippen LogP contribution in [-0.2, 0) is 9.59 Å². The molecule has 7 heteroatoms. The molecule has 2 fully saturated rings. The van der Waals surface area contributed by atoms with Crippen molar-refractivity contribution in [1.29, 1.82) is 0 Å². The van der Waals surface area contributed by atoms with Gasteiger partial charge < -0.3 is 15.5 Å². The molecule has 2 aromatic rings. The molecule has 1 aromatic heterocycles. The molecule has 2 heterocycles. The van der Waals surface area contributed by atoms with Gasteiger partial charge in [0.05, 0.1) is 11.4 Å². The number of hydrogen-bond acceptors (Lipinski definition) is 4. The van der Waals surface area contributed by atoms with Crippen molar-refractivity contribution in [2.24, 2.45) is 5.92 Å². The van der Waals surface area contributed by atoms with Crippen LogP contribution in [0.4, 0.5) is 11.5 Å². The molecule has 1 aromatic carbocycles. The van der Waals surface area contributed by atoms with Crippen molar-refractivity contribution in [3.8, 4) is 5.69 Å². The third-order valence-corrected chi connectivity index (χ3v) is 6.49. The van der Waals surface area contributed by atoms with Gasteiger partial charge in [-0.15, -0.1) is 0 Å². The summed E-state index contributed by atoms with van der Waals surface area (Å²) in [4.78, 5) is 27.2. The minimum Gasteiger partial charge on any atom is -0.355 e. The van der Waals surface area contributed by atoms with Gasteiger partial charge in [0.1, 0.15) is 5.69 Å². The predicted octanol–water partition coefficient (Wildman–Crippen LogP) is 3.80. The van der Waals surface area contributed by atoms with Crippen molar-refractivity contribution < 1.29 is 9.59 Å². The third kappa shape index (κ3) is 4.75. The predicted molar refractivity (Wildman–Crippen MR) is 123 cm³/mol. The third-order valence-electron chi connectivity index (χ3n) is 6.49. The van der Waals surface area contributed by atoms with Crippen molar-refractivity contribution in [3.05, 3.63) is 36.0 Å². The van der Waals surface area contributed by atoms with Gasteiger partial charge >= 0.3 is 0 Å². The molecule has 4 rings (SSSR count). The number of piperidine rings is 1. The highest BCUT2D eigenvalue weighted by Gasteiger charge is 2.31. The molecule has 1 aliphatic carbocycles. The average molecular weight is 424 g/mol. The van der Waals surface area contributed by atoms with Crippen LogP contribution in [0.1, 0.15) is 57.6 Å². The molecule has 0 spiro atoms. The minimum absolute atomic E-state index is 0.0252. The number of carbonyl (C=O) groups excluding carboxylic acids is 2. The Labute approximate surface area is 184 Å². The quantitative estimate of drug-likeness (QED) is 0.741. The summed E-state index contributed by atoms with van der Waals surface area (Å²) in [7, 11) is 0. The summed E-state index contributed by atoms with van der Waals surface area (Å²) < 4.78 is 1.92. The molecule has 0 atom stereocenters. The van der Waals surface area contributed by atoms with Crippen molar-refractivity contribution in [2.45, 2.75) is 64.8 Å². The Morgan fingerprint density at radius 1 is 1.06 bits per heavy atom. The SMILES string of the molecule is CCC(=O)Nc1c(C)nn(-c2ccccc2)c1N1CCC(C(=O)NC2CCCC2)CC1. The number of rotatable bonds is 6. The van der Waals surface area contributed by atoms with Gasteiger partial charge in [0.25, 0.3) is 0 Å². The van der Waals surface area contributed by atoms with Crippen LogP contribution in [-0.4, -0.2) is 40.7 Å². The fourth-order valence-corrected chi connectivity index (χ4v) is 4.67. The largest absolute Gasteiger partial charge is 0.355 e. The fourth-order valence-electron chi connectivity index (χ4n) is 4.67. The first-order valence-corrected chi connectivity index (χ1v) is 11.6. The van der Waals surface area contributed by atoms with Crippen molar-refractivity contribution >= 4 is 23.3 Å². The number of para-hydroxylation sites is 1.